The summed E-state index contributed by atoms with van der Waals surface area (Å²) in [6.45, 7) is 8.94. The first kappa shape index (κ1) is 25.3. The minimum atomic E-state index is -1.13. The van der Waals surface area contributed by atoms with Gasteiger partial charge in [0.2, 0.25) is 11.8 Å². The van der Waals surface area contributed by atoms with Crippen LogP contribution in [0.3, 0.4) is 0 Å². The average molecular weight is 473 g/mol. The van der Waals surface area contributed by atoms with Gasteiger partial charge < -0.3 is 24.9 Å². The standard InChI is InChI=1S/C25H32N2O7/c1-6-13(2)22(23(30)31)27-21(29)12-26-20(28)10-17-14(3)16-9-15-7-8-25(4,5)34-18(15)11-19(16)33-24(17)32/h9,11,13,22H,6-8,10,12H2,1-5H3,(H,26,28)(H,27,29)(H,30,31)/t13-,22+/m1/s1. The van der Waals surface area contributed by atoms with Gasteiger partial charge in [0, 0.05) is 11.5 Å². The minimum absolute atomic E-state index is 0.213. The second kappa shape index (κ2) is 9.87. The van der Waals surface area contributed by atoms with Gasteiger partial charge >= 0.3 is 11.6 Å². The SMILES string of the molecule is CC[C@@H](C)[C@H](NC(=O)CNC(=O)Cc1c(C)c2cc3c(cc2oc1=O)OC(C)(C)CC3)C(=O)O. The van der Waals surface area contributed by atoms with E-state index in [4.69, 9.17) is 9.15 Å². The van der Waals surface area contributed by atoms with Gasteiger partial charge in [0.25, 0.3) is 0 Å². The Morgan fingerprint density at radius 1 is 1.21 bits per heavy atom. The Bertz CT molecular complexity index is 1180. The topological polar surface area (TPSA) is 135 Å². The van der Waals surface area contributed by atoms with Crippen molar-refractivity contribution in [3.05, 3.63) is 39.2 Å². The van der Waals surface area contributed by atoms with E-state index in [-0.39, 0.29) is 23.5 Å². The van der Waals surface area contributed by atoms with Gasteiger partial charge in [0.15, 0.2) is 0 Å². The van der Waals surface area contributed by atoms with Crippen LogP contribution in [0.2, 0.25) is 0 Å². The van der Waals surface area contributed by atoms with Crippen molar-refractivity contribution >= 4 is 28.8 Å². The van der Waals surface area contributed by atoms with Gasteiger partial charge in [-0.15, -0.1) is 0 Å². The maximum Gasteiger partial charge on any atom is 0.340 e. The molecule has 0 radical (unpaired) electrons. The van der Waals surface area contributed by atoms with Crippen LogP contribution in [0.5, 0.6) is 5.75 Å². The number of benzene rings is 1. The summed E-state index contributed by atoms with van der Waals surface area (Å²) < 4.78 is 11.5. The Morgan fingerprint density at radius 3 is 2.56 bits per heavy atom. The van der Waals surface area contributed by atoms with Crippen LogP contribution < -0.4 is 21.0 Å². The molecule has 1 aliphatic rings. The summed E-state index contributed by atoms with van der Waals surface area (Å²) in [5, 5.41) is 14.9. The lowest BCUT2D eigenvalue weighted by molar-refractivity contribution is -0.143. The summed E-state index contributed by atoms with van der Waals surface area (Å²) >= 11 is 0. The summed E-state index contributed by atoms with van der Waals surface area (Å²) in [5.74, 6) is -1.85. The fourth-order valence-corrected chi connectivity index (χ4v) is 4.05. The third-order valence-corrected chi connectivity index (χ3v) is 6.43. The number of hydrogen-bond acceptors (Lipinski definition) is 6. The van der Waals surface area contributed by atoms with Crippen molar-refractivity contribution in [3.8, 4) is 5.75 Å². The van der Waals surface area contributed by atoms with Crippen molar-refractivity contribution < 1.29 is 28.6 Å². The second-order valence-electron chi connectivity index (χ2n) is 9.53. The molecule has 0 unspecified atom stereocenters. The Hall–Kier alpha value is -3.36. The highest BCUT2D eigenvalue weighted by atomic mass is 16.5. The summed E-state index contributed by atoms with van der Waals surface area (Å²) in [6, 6.07) is 2.63. The number of aryl methyl sites for hydroxylation is 2. The van der Waals surface area contributed by atoms with E-state index in [1.54, 1.807) is 19.9 Å². The average Bonchev–Trinajstić information content (AvgIpc) is 2.76. The van der Waals surface area contributed by atoms with Crippen molar-refractivity contribution in [2.45, 2.75) is 71.9 Å². The number of carboxylic acid groups (broad SMARTS) is 1. The van der Waals surface area contributed by atoms with E-state index in [0.717, 1.165) is 23.8 Å². The number of fused-ring (bicyclic) bond motifs is 2. The molecule has 1 aromatic heterocycles. The van der Waals surface area contributed by atoms with E-state index in [2.05, 4.69) is 10.6 Å². The smallest absolute Gasteiger partial charge is 0.340 e. The number of amides is 2. The van der Waals surface area contributed by atoms with Gasteiger partial charge in [-0.2, -0.15) is 0 Å². The zero-order valence-electron chi connectivity index (χ0n) is 20.2. The molecule has 0 bridgehead atoms. The molecule has 2 atom stereocenters. The molecule has 34 heavy (non-hydrogen) atoms. The van der Waals surface area contributed by atoms with Crippen LogP contribution in [0.4, 0.5) is 0 Å². The van der Waals surface area contributed by atoms with E-state index < -0.39 is 36.0 Å². The molecule has 3 rings (SSSR count). The highest BCUT2D eigenvalue weighted by molar-refractivity contribution is 5.89. The molecule has 3 N–H and O–H groups in total. The number of aliphatic carboxylic acids is 1. The highest BCUT2D eigenvalue weighted by Gasteiger charge is 2.28. The van der Waals surface area contributed by atoms with Crippen LogP contribution >= 0.6 is 0 Å². The third kappa shape index (κ3) is 5.58. The molecular weight excluding hydrogens is 440 g/mol. The fourth-order valence-electron chi connectivity index (χ4n) is 4.05. The Labute approximate surface area is 197 Å². The highest BCUT2D eigenvalue weighted by Crippen LogP contribution is 2.36. The number of carboxylic acids is 1. The zero-order chi connectivity index (χ0) is 25.2. The first-order valence-electron chi connectivity index (χ1n) is 11.5. The molecule has 184 valence electrons. The molecule has 2 amide bonds. The molecule has 0 saturated heterocycles. The quantitative estimate of drug-likeness (QED) is 0.502. The molecule has 1 aromatic carbocycles. The van der Waals surface area contributed by atoms with E-state index in [1.165, 1.54) is 0 Å². The summed E-state index contributed by atoms with van der Waals surface area (Å²) in [4.78, 5) is 48.6. The second-order valence-corrected chi connectivity index (χ2v) is 9.53. The minimum Gasteiger partial charge on any atom is -0.487 e. The van der Waals surface area contributed by atoms with Crippen LogP contribution in [-0.4, -0.2) is 41.1 Å². The van der Waals surface area contributed by atoms with Crippen molar-refractivity contribution in [1.82, 2.24) is 10.6 Å². The van der Waals surface area contributed by atoms with Crippen LogP contribution in [-0.2, 0) is 27.2 Å². The predicted molar refractivity (Wildman–Crippen MR) is 126 cm³/mol. The Kier molecular flexibility index (Phi) is 7.33. The number of ether oxygens (including phenoxy) is 1. The molecule has 0 spiro atoms. The first-order valence-corrected chi connectivity index (χ1v) is 11.5. The van der Waals surface area contributed by atoms with Crippen LogP contribution in [0.25, 0.3) is 11.0 Å². The first-order chi connectivity index (χ1) is 15.9. The van der Waals surface area contributed by atoms with Gasteiger partial charge in [-0.25, -0.2) is 9.59 Å². The van der Waals surface area contributed by atoms with E-state index >= 15 is 0 Å². The molecule has 0 aliphatic carbocycles. The van der Waals surface area contributed by atoms with Crippen molar-refractivity contribution in [2.24, 2.45) is 5.92 Å². The molecular formula is C25H32N2O7. The van der Waals surface area contributed by atoms with Gasteiger partial charge in [0.05, 0.1) is 18.5 Å². The summed E-state index contributed by atoms with van der Waals surface area (Å²) in [7, 11) is 0. The summed E-state index contributed by atoms with van der Waals surface area (Å²) in [5.41, 5.74) is 1.35. The van der Waals surface area contributed by atoms with Gasteiger partial charge in [0.1, 0.15) is 23.0 Å². The maximum atomic E-state index is 12.6. The Balaban J connectivity index is 1.72. The van der Waals surface area contributed by atoms with Crippen LogP contribution in [0, 0.1) is 12.8 Å². The number of rotatable bonds is 8. The largest absolute Gasteiger partial charge is 0.487 e. The molecule has 0 fully saturated rings. The van der Waals surface area contributed by atoms with Crippen molar-refractivity contribution in [1.29, 1.82) is 0 Å². The molecule has 9 heteroatoms. The third-order valence-electron chi connectivity index (χ3n) is 6.43. The number of hydrogen-bond donors (Lipinski definition) is 3. The van der Waals surface area contributed by atoms with Gasteiger partial charge in [-0.3, -0.25) is 9.59 Å². The molecule has 2 aromatic rings. The zero-order valence-corrected chi connectivity index (χ0v) is 20.2. The number of nitrogens with one attached hydrogen (secondary N) is 2. The number of carbonyl (C=O) groups is 3. The van der Waals surface area contributed by atoms with Crippen LogP contribution in [0.1, 0.15) is 57.2 Å². The van der Waals surface area contributed by atoms with Crippen molar-refractivity contribution in [3.63, 3.8) is 0 Å². The van der Waals surface area contributed by atoms with Crippen LogP contribution in [0.15, 0.2) is 21.3 Å². The summed E-state index contributed by atoms with van der Waals surface area (Å²) in [6.07, 6.45) is 2.01. The number of carbonyl (C=O) groups excluding carboxylic acids is 2. The molecule has 9 nitrogen and oxygen atoms in total. The van der Waals surface area contributed by atoms with Gasteiger partial charge in [-0.05, 0) is 56.7 Å². The normalized spacial score (nSPS) is 16.1. The van der Waals surface area contributed by atoms with E-state index in [1.807, 2.05) is 26.8 Å². The maximum absolute atomic E-state index is 12.6. The molecule has 1 aliphatic heterocycles. The molecule has 2 heterocycles. The van der Waals surface area contributed by atoms with Crippen molar-refractivity contribution in [2.75, 3.05) is 6.54 Å². The van der Waals surface area contributed by atoms with Gasteiger partial charge in [-0.1, -0.05) is 20.3 Å². The lowest BCUT2D eigenvalue weighted by atomic mass is 9.92. The monoisotopic (exact) mass is 472 g/mol. The Morgan fingerprint density at radius 2 is 1.91 bits per heavy atom. The van der Waals surface area contributed by atoms with E-state index in [9.17, 15) is 24.3 Å². The molecule has 0 saturated carbocycles. The van der Waals surface area contributed by atoms with E-state index in [0.29, 0.717) is 23.3 Å². The lowest BCUT2D eigenvalue weighted by Gasteiger charge is -2.32. The predicted octanol–water partition coefficient (Wildman–Crippen LogP) is 2.48. The fraction of sp³-hybridized carbons (Fsp3) is 0.520. The lowest BCUT2D eigenvalue weighted by Crippen LogP contribution is -2.48.